The number of carbonyl (C=O) groups excluding carboxylic acids is 1. The van der Waals surface area contributed by atoms with Crippen LogP contribution in [-0.2, 0) is 11.2 Å². The summed E-state index contributed by atoms with van der Waals surface area (Å²) in [5, 5.41) is 14.2. The van der Waals surface area contributed by atoms with Gasteiger partial charge in [-0.15, -0.1) is 0 Å². The molecule has 0 aliphatic rings. The van der Waals surface area contributed by atoms with Crippen LogP contribution < -0.4 is 10.6 Å². The third-order valence-corrected chi connectivity index (χ3v) is 3.16. The van der Waals surface area contributed by atoms with Crippen molar-refractivity contribution >= 4 is 17.3 Å². The van der Waals surface area contributed by atoms with Gasteiger partial charge < -0.3 is 10.6 Å². The monoisotopic (exact) mass is 297 g/mol. The molecule has 2 aromatic rings. The molecule has 1 amide bonds. The van der Waals surface area contributed by atoms with Crippen LogP contribution in [-0.4, -0.2) is 12.5 Å². The molecule has 0 spiro atoms. The minimum atomic E-state index is -0.346. The van der Waals surface area contributed by atoms with E-state index in [-0.39, 0.29) is 18.3 Å². The van der Waals surface area contributed by atoms with Crippen LogP contribution in [0.4, 0.5) is 15.8 Å². The first-order valence-corrected chi connectivity index (χ1v) is 6.84. The molecule has 2 N–H and O–H groups in total. The number of nitriles is 1. The van der Waals surface area contributed by atoms with Gasteiger partial charge in [-0.2, -0.15) is 5.26 Å². The Labute approximate surface area is 128 Å². The van der Waals surface area contributed by atoms with Gasteiger partial charge in [0, 0.05) is 11.4 Å². The van der Waals surface area contributed by atoms with Crippen LogP contribution >= 0.6 is 0 Å². The molecule has 0 unspecified atom stereocenters. The van der Waals surface area contributed by atoms with Gasteiger partial charge in [0.15, 0.2) is 0 Å². The van der Waals surface area contributed by atoms with E-state index in [1.165, 1.54) is 12.1 Å². The lowest BCUT2D eigenvalue weighted by atomic mass is 10.1. The second-order valence-electron chi connectivity index (χ2n) is 4.89. The molecule has 0 aromatic heterocycles. The van der Waals surface area contributed by atoms with Crippen molar-refractivity contribution in [2.45, 2.75) is 13.3 Å². The lowest BCUT2D eigenvalue weighted by Gasteiger charge is -2.10. The Morgan fingerprint density at radius 1 is 1.23 bits per heavy atom. The molecule has 0 saturated heterocycles. The van der Waals surface area contributed by atoms with Crippen LogP contribution in [0.2, 0.25) is 0 Å². The number of nitrogens with one attached hydrogen (secondary N) is 2. The summed E-state index contributed by atoms with van der Waals surface area (Å²) in [6, 6.07) is 13.5. The molecule has 0 fully saturated rings. The molecule has 0 atom stereocenters. The molecule has 0 aliphatic carbocycles. The maximum Gasteiger partial charge on any atom is 0.243 e. The van der Waals surface area contributed by atoms with Crippen molar-refractivity contribution in [3.8, 4) is 6.07 Å². The molecular formula is C17H16FN3O. The van der Waals surface area contributed by atoms with Crippen LogP contribution in [0.3, 0.4) is 0 Å². The summed E-state index contributed by atoms with van der Waals surface area (Å²) in [7, 11) is 0. The number of rotatable bonds is 5. The largest absolute Gasteiger partial charge is 0.376 e. The molecule has 2 aromatic carbocycles. The van der Waals surface area contributed by atoms with E-state index in [1.54, 1.807) is 30.3 Å². The van der Waals surface area contributed by atoms with Crippen molar-refractivity contribution in [3.05, 3.63) is 59.4 Å². The summed E-state index contributed by atoms with van der Waals surface area (Å²) in [5.41, 5.74) is 3.02. The van der Waals surface area contributed by atoms with Gasteiger partial charge in [-0.3, -0.25) is 4.79 Å². The second-order valence-corrected chi connectivity index (χ2v) is 4.89. The molecule has 112 valence electrons. The lowest BCUT2D eigenvalue weighted by molar-refractivity contribution is -0.114. The second kappa shape index (κ2) is 7.23. The van der Waals surface area contributed by atoms with Gasteiger partial charge >= 0.3 is 0 Å². The Morgan fingerprint density at radius 3 is 2.64 bits per heavy atom. The first-order valence-electron chi connectivity index (χ1n) is 6.84. The molecular weight excluding hydrogens is 281 g/mol. The van der Waals surface area contributed by atoms with Gasteiger partial charge in [0.25, 0.3) is 0 Å². The Balaban J connectivity index is 1.90. The Morgan fingerprint density at radius 2 is 1.95 bits per heavy atom. The highest BCUT2D eigenvalue weighted by Crippen LogP contribution is 2.15. The zero-order valence-electron chi connectivity index (χ0n) is 12.2. The topological polar surface area (TPSA) is 64.9 Å². The third-order valence-electron chi connectivity index (χ3n) is 3.16. The van der Waals surface area contributed by atoms with Crippen molar-refractivity contribution in [2.24, 2.45) is 0 Å². The van der Waals surface area contributed by atoms with Crippen molar-refractivity contribution in [2.75, 3.05) is 17.2 Å². The van der Waals surface area contributed by atoms with Crippen molar-refractivity contribution in [3.63, 3.8) is 0 Å². The molecule has 0 saturated carbocycles. The smallest absolute Gasteiger partial charge is 0.243 e. The van der Waals surface area contributed by atoms with Gasteiger partial charge in [0.1, 0.15) is 5.82 Å². The molecule has 0 heterocycles. The van der Waals surface area contributed by atoms with Crippen LogP contribution in [0.1, 0.15) is 11.1 Å². The average Bonchev–Trinajstić information content (AvgIpc) is 2.50. The van der Waals surface area contributed by atoms with Crippen LogP contribution in [0.25, 0.3) is 0 Å². The van der Waals surface area contributed by atoms with E-state index >= 15 is 0 Å². The summed E-state index contributed by atoms with van der Waals surface area (Å²) in [6.45, 7) is 1.89. The zero-order valence-corrected chi connectivity index (χ0v) is 12.2. The van der Waals surface area contributed by atoms with E-state index in [0.717, 1.165) is 11.1 Å². The van der Waals surface area contributed by atoms with E-state index in [4.69, 9.17) is 5.26 Å². The SMILES string of the molecule is Cc1ccc(F)cc1NCC(=O)Nc1ccc(CC#N)cc1. The van der Waals surface area contributed by atoms with E-state index in [1.807, 2.05) is 6.92 Å². The predicted molar refractivity (Wildman–Crippen MR) is 84.0 cm³/mol. The van der Waals surface area contributed by atoms with E-state index in [0.29, 0.717) is 17.8 Å². The molecule has 2 rings (SSSR count). The number of anilines is 2. The lowest BCUT2D eigenvalue weighted by Crippen LogP contribution is -2.22. The van der Waals surface area contributed by atoms with Gasteiger partial charge in [-0.1, -0.05) is 18.2 Å². The molecule has 0 radical (unpaired) electrons. The van der Waals surface area contributed by atoms with Crippen LogP contribution in [0.15, 0.2) is 42.5 Å². The molecule has 0 aliphatic heterocycles. The first-order chi connectivity index (χ1) is 10.6. The molecule has 5 heteroatoms. The highest BCUT2D eigenvalue weighted by Gasteiger charge is 2.05. The maximum atomic E-state index is 13.2. The summed E-state index contributed by atoms with van der Waals surface area (Å²) in [5.74, 6) is -0.571. The van der Waals surface area contributed by atoms with Gasteiger partial charge in [-0.05, 0) is 42.3 Å². The van der Waals surface area contributed by atoms with E-state index < -0.39 is 0 Å². The van der Waals surface area contributed by atoms with Crippen molar-refractivity contribution < 1.29 is 9.18 Å². The quantitative estimate of drug-likeness (QED) is 0.890. The average molecular weight is 297 g/mol. The van der Waals surface area contributed by atoms with Crippen molar-refractivity contribution in [1.29, 1.82) is 5.26 Å². The fraction of sp³-hybridized carbons (Fsp3) is 0.176. The minimum absolute atomic E-state index is 0.0459. The number of halogens is 1. The Kier molecular flexibility index (Phi) is 5.10. The summed E-state index contributed by atoms with van der Waals surface area (Å²) < 4.78 is 13.2. The summed E-state index contributed by atoms with van der Waals surface area (Å²) in [6.07, 6.45) is 0.342. The van der Waals surface area contributed by atoms with Crippen molar-refractivity contribution in [1.82, 2.24) is 0 Å². The van der Waals surface area contributed by atoms with Gasteiger partial charge in [0.05, 0.1) is 19.0 Å². The Bertz CT molecular complexity index is 705. The molecule has 22 heavy (non-hydrogen) atoms. The number of amides is 1. The zero-order chi connectivity index (χ0) is 15.9. The first kappa shape index (κ1) is 15.5. The van der Waals surface area contributed by atoms with E-state index in [9.17, 15) is 9.18 Å². The fourth-order valence-electron chi connectivity index (χ4n) is 1.96. The number of hydrogen-bond donors (Lipinski definition) is 2. The van der Waals surface area contributed by atoms with Gasteiger partial charge in [-0.25, -0.2) is 4.39 Å². The Hall–Kier alpha value is -2.87. The number of carbonyl (C=O) groups is 1. The number of hydrogen-bond acceptors (Lipinski definition) is 3. The fourth-order valence-corrected chi connectivity index (χ4v) is 1.96. The van der Waals surface area contributed by atoms with Crippen LogP contribution in [0, 0.1) is 24.1 Å². The van der Waals surface area contributed by atoms with Gasteiger partial charge in [0.2, 0.25) is 5.91 Å². The summed E-state index contributed by atoms with van der Waals surface area (Å²) >= 11 is 0. The number of nitrogens with zero attached hydrogens (tertiary/aromatic N) is 1. The number of benzene rings is 2. The minimum Gasteiger partial charge on any atom is -0.376 e. The standard InChI is InChI=1S/C17H16FN3O/c1-12-2-5-14(18)10-16(12)20-11-17(22)21-15-6-3-13(4-7-15)8-9-19/h2-7,10,20H,8,11H2,1H3,(H,21,22). The highest BCUT2D eigenvalue weighted by atomic mass is 19.1. The molecule has 0 bridgehead atoms. The van der Waals surface area contributed by atoms with Crippen LogP contribution in [0.5, 0.6) is 0 Å². The predicted octanol–water partition coefficient (Wildman–Crippen LogP) is 3.25. The molecule has 4 nitrogen and oxygen atoms in total. The highest BCUT2D eigenvalue weighted by molar-refractivity contribution is 5.93. The normalized spacial score (nSPS) is 9.86. The number of aryl methyl sites for hydroxylation is 1. The summed E-state index contributed by atoms with van der Waals surface area (Å²) in [4.78, 5) is 11.9. The third kappa shape index (κ3) is 4.32. The maximum absolute atomic E-state index is 13.2. The van der Waals surface area contributed by atoms with E-state index in [2.05, 4.69) is 16.7 Å².